The van der Waals surface area contributed by atoms with E-state index >= 15 is 0 Å². The zero-order valence-corrected chi connectivity index (χ0v) is 17.5. The van der Waals surface area contributed by atoms with Crippen molar-refractivity contribution in [2.75, 3.05) is 18.5 Å². The van der Waals surface area contributed by atoms with Crippen molar-refractivity contribution in [2.24, 2.45) is 0 Å². The van der Waals surface area contributed by atoms with E-state index in [1.807, 2.05) is 31.2 Å². The Morgan fingerprint density at radius 2 is 2.03 bits per heavy atom. The molecular weight excluding hydrogens is 402 g/mol. The number of nitrogens with zero attached hydrogens (tertiary/aromatic N) is 1. The molecule has 2 aromatic carbocycles. The maximum Gasteiger partial charge on any atom is 0.322 e. The van der Waals surface area contributed by atoms with Crippen LogP contribution in [0.2, 0.25) is 5.02 Å². The molecule has 4 rings (SSSR count). The van der Waals surface area contributed by atoms with Crippen molar-refractivity contribution in [3.63, 3.8) is 0 Å². The van der Waals surface area contributed by atoms with Gasteiger partial charge in [-0.3, -0.25) is 4.79 Å². The van der Waals surface area contributed by atoms with E-state index in [0.29, 0.717) is 29.4 Å². The molecule has 6 nitrogen and oxygen atoms in total. The van der Waals surface area contributed by atoms with Crippen molar-refractivity contribution >= 4 is 34.2 Å². The molecule has 0 spiro atoms. The zero-order chi connectivity index (χ0) is 21.1. The first-order chi connectivity index (χ1) is 14.5. The molecule has 1 aliphatic heterocycles. The summed E-state index contributed by atoms with van der Waals surface area (Å²) in [6.07, 6.45) is 1.85. The molecule has 1 fully saturated rings. The lowest BCUT2D eigenvalue weighted by Gasteiger charge is -2.25. The molecular formula is C23H24ClN3O3. The SMILES string of the molecule is Cc1ccc2[nH]c(=O)c(CN(CC3CCCO3)C(=O)Nc3ccc(Cl)cc3)cc2c1. The van der Waals surface area contributed by atoms with E-state index in [-0.39, 0.29) is 24.2 Å². The van der Waals surface area contributed by atoms with Gasteiger partial charge in [-0.2, -0.15) is 0 Å². The Labute approximate surface area is 179 Å². The summed E-state index contributed by atoms with van der Waals surface area (Å²) in [6.45, 7) is 3.32. The van der Waals surface area contributed by atoms with Gasteiger partial charge in [-0.15, -0.1) is 0 Å². The first-order valence-corrected chi connectivity index (χ1v) is 10.4. The van der Waals surface area contributed by atoms with Gasteiger partial charge in [0.25, 0.3) is 5.56 Å². The van der Waals surface area contributed by atoms with Crippen molar-refractivity contribution in [1.29, 1.82) is 0 Å². The van der Waals surface area contributed by atoms with Gasteiger partial charge in [0.1, 0.15) is 0 Å². The van der Waals surface area contributed by atoms with Gasteiger partial charge in [0, 0.05) is 34.9 Å². The molecule has 156 valence electrons. The van der Waals surface area contributed by atoms with Crippen molar-refractivity contribution in [1.82, 2.24) is 9.88 Å². The number of anilines is 1. The first kappa shape index (κ1) is 20.4. The lowest BCUT2D eigenvalue weighted by Crippen LogP contribution is -2.40. The van der Waals surface area contributed by atoms with Gasteiger partial charge >= 0.3 is 6.03 Å². The Balaban J connectivity index is 1.59. The number of fused-ring (bicyclic) bond motifs is 1. The highest BCUT2D eigenvalue weighted by Gasteiger charge is 2.24. The summed E-state index contributed by atoms with van der Waals surface area (Å²) in [5, 5.41) is 4.43. The van der Waals surface area contributed by atoms with E-state index in [1.54, 1.807) is 29.2 Å². The van der Waals surface area contributed by atoms with Crippen LogP contribution in [0.3, 0.4) is 0 Å². The summed E-state index contributed by atoms with van der Waals surface area (Å²) in [7, 11) is 0. The third-order valence-corrected chi connectivity index (χ3v) is 5.52. The van der Waals surface area contributed by atoms with Crippen molar-refractivity contribution < 1.29 is 9.53 Å². The fourth-order valence-electron chi connectivity index (χ4n) is 3.68. The minimum absolute atomic E-state index is 0.0252. The number of hydrogen-bond acceptors (Lipinski definition) is 3. The molecule has 1 atom stereocenters. The Bertz CT molecular complexity index is 1100. The number of carbonyl (C=O) groups excluding carboxylic acids is 1. The van der Waals surface area contributed by atoms with Crippen molar-refractivity contribution in [3.8, 4) is 0 Å². The van der Waals surface area contributed by atoms with E-state index in [1.165, 1.54) is 0 Å². The molecule has 2 amide bonds. The van der Waals surface area contributed by atoms with Crippen LogP contribution < -0.4 is 10.9 Å². The fourth-order valence-corrected chi connectivity index (χ4v) is 3.81. The van der Waals surface area contributed by atoms with Gasteiger partial charge in [0.05, 0.1) is 12.6 Å². The summed E-state index contributed by atoms with van der Waals surface area (Å²) < 4.78 is 5.73. The second-order valence-corrected chi connectivity index (χ2v) is 8.10. The van der Waals surface area contributed by atoms with Gasteiger partial charge in [-0.25, -0.2) is 4.79 Å². The van der Waals surface area contributed by atoms with Crippen molar-refractivity contribution in [2.45, 2.75) is 32.4 Å². The minimum atomic E-state index is -0.281. The maximum absolute atomic E-state index is 13.0. The molecule has 2 heterocycles. The summed E-state index contributed by atoms with van der Waals surface area (Å²) in [4.78, 5) is 30.2. The second kappa shape index (κ2) is 8.90. The normalized spacial score (nSPS) is 16.0. The Morgan fingerprint density at radius 3 is 2.77 bits per heavy atom. The molecule has 2 N–H and O–H groups in total. The average molecular weight is 426 g/mol. The molecule has 0 saturated carbocycles. The molecule has 0 radical (unpaired) electrons. The van der Waals surface area contributed by atoms with E-state index in [9.17, 15) is 9.59 Å². The van der Waals surface area contributed by atoms with Crippen molar-refractivity contribution in [3.05, 3.63) is 75.0 Å². The van der Waals surface area contributed by atoms with E-state index in [0.717, 1.165) is 29.3 Å². The van der Waals surface area contributed by atoms with Gasteiger partial charge in [-0.05, 0) is 67.6 Å². The van der Waals surface area contributed by atoms with Crippen LogP contribution >= 0.6 is 11.6 Å². The molecule has 3 aromatic rings. The molecule has 1 saturated heterocycles. The fraction of sp³-hybridized carbons (Fsp3) is 0.304. The number of hydrogen-bond donors (Lipinski definition) is 2. The number of ether oxygens (including phenoxy) is 1. The maximum atomic E-state index is 13.0. The summed E-state index contributed by atoms with van der Waals surface area (Å²) in [5.41, 5.74) is 2.88. The number of H-pyrrole nitrogens is 1. The van der Waals surface area contributed by atoms with Crippen LogP contribution in [0, 0.1) is 6.92 Å². The van der Waals surface area contributed by atoms with Gasteiger partial charge in [0.15, 0.2) is 0 Å². The Kier molecular flexibility index (Phi) is 6.06. The number of halogens is 1. The summed E-state index contributed by atoms with van der Waals surface area (Å²) in [5.74, 6) is 0. The van der Waals surface area contributed by atoms with Gasteiger partial charge in [0.2, 0.25) is 0 Å². The predicted molar refractivity (Wildman–Crippen MR) is 119 cm³/mol. The van der Waals surface area contributed by atoms with Crippen LogP contribution in [-0.4, -0.2) is 35.2 Å². The van der Waals surface area contributed by atoms with Crippen LogP contribution in [0.15, 0.2) is 53.3 Å². The van der Waals surface area contributed by atoms with E-state index in [2.05, 4.69) is 10.3 Å². The molecule has 0 bridgehead atoms. The number of amides is 2. The number of aryl methyl sites for hydroxylation is 1. The summed E-state index contributed by atoms with van der Waals surface area (Å²) >= 11 is 5.93. The van der Waals surface area contributed by atoms with Crippen LogP contribution in [0.5, 0.6) is 0 Å². The topological polar surface area (TPSA) is 74.4 Å². The van der Waals surface area contributed by atoms with Crippen LogP contribution in [0.1, 0.15) is 24.0 Å². The molecule has 7 heteroatoms. The molecule has 30 heavy (non-hydrogen) atoms. The molecule has 1 aromatic heterocycles. The highest BCUT2D eigenvalue weighted by Crippen LogP contribution is 2.19. The average Bonchev–Trinajstić information content (AvgIpc) is 3.23. The predicted octanol–water partition coefficient (Wildman–Crippen LogP) is 4.70. The largest absolute Gasteiger partial charge is 0.376 e. The Hall–Kier alpha value is -2.83. The second-order valence-electron chi connectivity index (χ2n) is 7.67. The molecule has 0 aliphatic carbocycles. The van der Waals surface area contributed by atoms with E-state index < -0.39 is 0 Å². The monoisotopic (exact) mass is 425 g/mol. The summed E-state index contributed by atoms with van der Waals surface area (Å²) in [6, 6.07) is 14.4. The Morgan fingerprint density at radius 1 is 1.23 bits per heavy atom. The molecule has 1 aliphatic rings. The minimum Gasteiger partial charge on any atom is -0.376 e. The standard InChI is InChI=1S/C23H24ClN3O3/c1-15-4-9-21-16(11-15)12-17(22(28)26-21)13-27(14-20-3-2-10-30-20)23(29)25-19-7-5-18(24)6-8-19/h4-9,11-12,20H,2-3,10,13-14H2,1H3,(H,25,29)(H,26,28). The van der Waals surface area contributed by atoms with Gasteiger partial charge in [-0.1, -0.05) is 23.2 Å². The number of carbonyl (C=O) groups is 1. The number of nitrogens with one attached hydrogen (secondary N) is 2. The van der Waals surface area contributed by atoms with Crippen LogP contribution in [0.25, 0.3) is 10.9 Å². The zero-order valence-electron chi connectivity index (χ0n) is 16.8. The quantitative estimate of drug-likeness (QED) is 0.622. The third-order valence-electron chi connectivity index (χ3n) is 5.27. The lowest BCUT2D eigenvalue weighted by atomic mass is 10.1. The number of aromatic amines is 1. The van der Waals surface area contributed by atoms with E-state index in [4.69, 9.17) is 16.3 Å². The van der Waals surface area contributed by atoms with Gasteiger partial charge < -0.3 is 19.9 Å². The number of pyridine rings is 1. The number of rotatable bonds is 5. The number of benzene rings is 2. The highest BCUT2D eigenvalue weighted by molar-refractivity contribution is 6.30. The lowest BCUT2D eigenvalue weighted by molar-refractivity contribution is 0.0818. The molecule has 1 unspecified atom stereocenters. The number of urea groups is 1. The smallest absolute Gasteiger partial charge is 0.322 e. The first-order valence-electron chi connectivity index (χ1n) is 10.0. The third kappa shape index (κ3) is 4.83. The highest BCUT2D eigenvalue weighted by atomic mass is 35.5. The number of aromatic nitrogens is 1. The van der Waals surface area contributed by atoms with Crippen LogP contribution in [-0.2, 0) is 11.3 Å². The van der Waals surface area contributed by atoms with Crippen LogP contribution in [0.4, 0.5) is 10.5 Å².